The van der Waals surface area contributed by atoms with Crippen LogP contribution < -0.4 is 0 Å². The molecule has 3 rings (SSSR count). The molecule has 1 aromatic carbocycles. The number of thiazole rings is 1. The van der Waals surface area contributed by atoms with E-state index in [0.717, 1.165) is 28.2 Å². The lowest BCUT2D eigenvalue weighted by atomic mass is 10.1. The first-order valence-corrected chi connectivity index (χ1v) is 7.27. The van der Waals surface area contributed by atoms with E-state index in [1.54, 1.807) is 41.8 Å². The van der Waals surface area contributed by atoms with Crippen molar-refractivity contribution < 1.29 is 9.90 Å². The summed E-state index contributed by atoms with van der Waals surface area (Å²) in [5, 5.41) is 11.9. The average Bonchev–Trinajstić information content (AvgIpc) is 2.97. The van der Waals surface area contributed by atoms with Gasteiger partial charge in [0.1, 0.15) is 0 Å². The third kappa shape index (κ3) is 3.14. The Morgan fingerprint density at radius 2 is 2.00 bits per heavy atom. The van der Waals surface area contributed by atoms with Crippen LogP contribution in [-0.4, -0.2) is 21.0 Å². The molecule has 104 valence electrons. The van der Waals surface area contributed by atoms with E-state index in [4.69, 9.17) is 5.11 Å². The molecule has 0 radical (unpaired) electrons. The number of rotatable bonds is 4. The van der Waals surface area contributed by atoms with Gasteiger partial charge < -0.3 is 5.11 Å². The Labute approximate surface area is 125 Å². The number of hydrogen-bond donors (Lipinski definition) is 1. The fourth-order valence-corrected chi connectivity index (χ4v) is 2.82. The summed E-state index contributed by atoms with van der Waals surface area (Å²) in [5.74, 6) is -0.919. The highest BCUT2D eigenvalue weighted by Crippen LogP contribution is 2.23. The lowest BCUT2D eigenvalue weighted by Crippen LogP contribution is -1.95. The minimum Gasteiger partial charge on any atom is -0.478 e. The average molecular weight is 296 g/mol. The van der Waals surface area contributed by atoms with Crippen LogP contribution in [0.15, 0.2) is 54.2 Å². The summed E-state index contributed by atoms with van der Waals surface area (Å²) < 4.78 is 0. The molecule has 1 N–H and O–H groups in total. The van der Waals surface area contributed by atoms with Gasteiger partial charge in [0, 0.05) is 29.8 Å². The first-order chi connectivity index (χ1) is 10.2. The standard InChI is InChI=1S/C16H12N2O2S/c19-16(20)13-5-3-12(4-6-13)14-10-21-15(18-14)8-11-2-1-7-17-9-11/h1-7,9-10H,8H2,(H,19,20). The predicted molar refractivity (Wildman–Crippen MR) is 81.6 cm³/mol. The minimum atomic E-state index is -0.919. The van der Waals surface area contributed by atoms with Crippen molar-refractivity contribution in [3.63, 3.8) is 0 Å². The van der Waals surface area contributed by atoms with Crippen molar-refractivity contribution in [2.24, 2.45) is 0 Å². The lowest BCUT2D eigenvalue weighted by molar-refractivity contribution is 0.0697. The topological polar surface area (TPSA) is 63.1 Å². The van der Waals surface area contributed by atoms with Gasteiger partial charge in [-0.1, -0.05) is 18.2 Å². The Bertz CT molecular complexity index is 751. The maximum atomic E-state index is 10.8. The number of aromatic nitrogens is 2. The zero-order chi connectivity index (χ0) is 14.7. The molecule has 0 spiro atoms. The van der Waals surface area contributed by atoms with Crippen LogP contribution in [0.25, 0.3) is 11.3 Å². The normalized spacial score (nSPS) is 10.5. The van der Waals surface area contributed by atoms with Crippen LogP contribution in [0.2, 0.25) is 0 Å². The van der Waals surface area contributed by atoms with Crippen molar-refractivity contribution in [1.29, 1.82) is 0 Å². The molecule has 3 aromatic rings. The van der Waals surface area contributed by atoms with Crippen molar-refractivity contribution in [1.82, 2.24) is 9.97 Å². The number of nitrogens with zero attached hydrogens (tertiary/aromatic N) is 2. The quantitative estimate of drug-likeness (QED) is 0.800. The SMILES string of the molecule is O=C(O)c1ccc(-c2csc(Cc3cccnc3)n2)cc1. The minimum absolute atomic E-state index is 0.282. The van der Waals surface area contributed by atoms with Crippen LogP contribution in [0.5, 0.6) is 0 Å². The molecule has 21 heavy (non-hydrogen) atoms. The van der Waals surface area contributed by atoms with Crippen LogP contribution in [0, 0.1) is 0 Å². The fraction of sp³-hybridized carbons (Fsp3) is 0.0625. The number of benzene rings is 1. The summed E-state index contributed by atoms with van der Waals surface area (Å²) in [5.41, 5.74) is 3.20. The van der Waals surface area contributed by atoms with Crippen LogP contribution in [-0.2, 0) is 6.42 Å². The number of carboxylic acid groups (broad SMARTS) is 1. The molecule has 0 aliphatic carbocycles. The van der Waals surface area contributed by atoms with Gasteiger partial charge in [-0.15, -0.1) is 11.3 Å². The molecule has 2 heterocycles. The lowest BCUT2D eigenvalue weighted by Gasteiger charge is -1.98. The molecule has 0 aliphatic heterocycles. The van der Waals surface area contributed by atoms with Crippen LogP contribution in [0.1, 0.15) is 20.9 Å². The van der Waals surface area contributed by atoms with Crippen LogP contribution in [0.4, 0.5) is 0 Å². The van der Waals surface area contributed by atoms with E-state index >= 15 is 0 Å². The van der Waals surface area contributed by atoms with Crippen molar-refractivity contribution in [2.45, 2.75) is 6.42 Å². The van der Waals surface area contributed by atoms with E-state index in [1.807, 2.05) is 23.7 Å². The fourth-order valence-electron chi connectivity index (χ4n) is 1.99. The monoisotopic (exact) mass is 296 g/mol. The van der Waals surface area contributed by atoms with Gasteiger partial charge in [0.25, 0.3) is 0 Å². The van der Waals surface area contributed by atoms with Crippen LogP contribution in [0.3, 0.4) is 0 Å². The van der Waals surface area contributed by atoms with Gasteiger partial charge in [0.2, 0.25) is 0 Å². The Balaban J connectivity index is 1.80. The number of carboxylic acids is 1. The number of hydrogen-bond acceptors (Lipinski definition) is 4. The number of pyridine rings is 1. The van der Waals surface area contributed by atoms with Crippen LogP contribution >= 0.6 is 11.3 Å². The molecular weight excluding hydrogens is 284 g/mol. The Morgan fingerprint density at radius 1 is 1.19 bits per heavy atom. The summed E-state index contributed by atoms with van der Waals surface area (Å²) in [6, 6.07) is 10.7. The van der Waals surface area contributed by atoms with E-state index in [1.165, 1.54) is 0 Å². The van der Waals surface area contributed by atoms with Crippen molar-refractivity contribution in [3.8, 4) is 11.3 Å². The van der Waals surface area contributed by atoms with Gasteiger partial charge in [-0.2, -0.15) is 0 Å². The largest absolute Gasteiger partial charge is 0.478 e. The Hall–Kier alpha value is -2.53. The number of aromatic carboxylic acids is 1. The second kappa shape index (κ2) is 5.85. The predicted octanol–water partition coefficient (Wildman–Crippen LogP) is 3.49. The summed E-state index contributed by atoms with van der Waals surface area (Å²) >= 11 is 1.59. The highest BCUT2D eigenvalue weighted by atomic mass is 32.1. The molecule has 0 saturated carbocycles. The summed E-state index contributed by atoms with van der Waals surface area (Å²) in [7, 11) is 0. The second-order valence-electron chi connectivity index (χ2n) is 4.55. The maximum Gasteiger partial charge on any atom is 0.335 e. The zero-order valence-electron chi connectivity index (χ0n) is 11.1. The number of carbonyl (C=O) groups is 1. The first-order valence-electron chi connectivity index (χ1n) is 6.39. The molecule has 5 heteroatoms. The molecule has 0 fully saturated rings. The van der Waals surface area contributed by atoms with Gasteiger partial charge in [-0.3, -0.25) is 4.98 Å². The molecule has 0 aliphatic rings. The van der Waals surface area contributed by atoms with Gasteiger partial charge in [0.15, 0.2) is 0 Å². The molecule has 0 saturated heterocycles. The van der Waals surface area contributed by atoms with Gasteiger partial charge >= 0.3 is 5.97 Å². The van der Waals surface area contributed by atoms with E-state index in [9.17, 15) is 4.79 Å². The van der Waals surface area contributed by atoms with Crippen molar-refractivity contribution in [3.05, 3.63) is 70.3 Å². The third-order valence-corrected chi connectivity index (χ3v) is 3.91. The smallest absolute Gasteiger partial charge is 0.335 e. The van der Waals surface area contributed by atoms with Crippen molar-refractivity contribution >= 4 is 17.3 Å². The summed E-state index contributed by atoms with van der Waals surface area (Å²) in [4.78, 5) is 19.5. The van der Waals surface area contributed by atoms with Gasteiger partial charge in [-0.05, 0) is 23.8 Å². The van der Waals surface area contributed by atoms with E-state index in [2.05, 4.69) is 9.97 Å². The summed E-state index contributed by atoms with van der Waals surface area (Å²) in [6.07, 6.45) is 4.34. The maximum absolute atomic E-state index is 10.8. The molecular formula is C16H12N2O2S. The van der Waals surface area contributed by atoms with Gasteiger partial charge in [-0.25, -0.2) is 9.78 Å². The highest BCUT2D eigenvalue weighted by molar-refractivity contribution is 7.10. The molecule has 2 aromatic heterocycles. The van der Waals surface area contributed by atoms with E-state index in [-0.39, 0.29) is 5.56 Å². The van der Waals surface area contributed by atoms with E-state index in [0.29, 0.717) is 0 Å². The molecule has 0 bridgehead atoms. The highest BCUT2D eigenvalue weighted by Gasteiger charge is 2.07. The Morgan fingerprint density at radius 3 is 2.67 bits per heavy atom. The molecule has 4 nitrogen and oxygen atoms in total. The van der Waals surface area contributed by atoms with Crippen molar-refractivity contribution in [2.75, 3.05) is 0 Å². The first kappa shape index (κ1) is 13.5. The molecule has 0 amide bonds. The summed E-state index contributed by atoms with van der Waals surface area (Å²) in [6.45, 7) is 0. The zero-order valence-corrected chi connectivity index (χ0v) is 11.9. The Kier molecular flexibility index (Phi) is 3.75. The van der Waals surface area contributed by atoms with Gasteiger partial charge in [0.05, 0.1) is 16.3 Å². The molecule has 0 atom stereocenters. The molecule has 0 unspecified atom stereocenters. The second-order valence-corrected chi connectivity index (χ2v) is 5.49. The third-order valence-electron chi connectivity index (χ3n) is 3.06. The van der Waals surface area contributed by atoms with E-state index < -0.39 is 5.97 Å².